The molecule has 3 heteroatoms. The highest BCUT2D eigenvalue weighted by atomic mass is 16.4. The van der Waals surface area contributed by atoms with Gasteiger partial charge < -0.3 is 9.90 Å². The summed E-state index contributed by atoms with van der Waals surface area (Å²) in [5, 5.41) is 11.5. The molecule has 0 radical (unpaired) electrons. The predicted molar refractivity (Wildman–Crippen MR) is 94.3 cm³/mol. The summed E-state index contributed by atoms with van der Waals surface area (Å²) >= 11 is 0. The highest BCUT2D eigenvalue weighted by molar-refractivity contribution is 6.01. The zero-order valence-electron chi connectivity index (χ0n) is 15.6. The van der Waals surface area contributed by atoms with E-state index in [1.54, 1.807) is 6.08 Å². The molecule has 3 fully saturated rings. The summed E-state index contributed by atoms with van der Waals surface area (Å²) in [6, 6.07) is 0. The smallest absolute Gasteiger partial charge is 0.178 e. The summed E-state index contributed by atoms with van der Waals surface area (Å²) in [4.78, 5) is 23.3. The van der Waals surface area contributed by atoms with Crippen LogP contribution in [-0.4, -0.2) is 11.8 Å². The van der Waals surface area contributed by atoms with Crippen LogP contribution in [0, 0.1) is 40.4 Å². The summed E-state index contributed by atoms with van der Waals surface area (Å²) in [6.07, 6.45) is 12.4. The van der Waals surface area contributed by atoms with Crippen LogP contribution in [0.4, 0.5) is 0 Å². The molecule has 0 aromatic carbocycles. The Morgan fingerprint density at radius 2 is 1.96 bits per heavy atom. The normalized spacial score (nSPS) is 46.7. The number of carbonyl (C=O) groups excluding carboxylic acids is 2. The monoisotopic (exact) mass is 341 g/mol. The van der Waals surface area contributed by atoms with Crippen LogP contribution in [-0.2, 0) is 9.59 Å². The number of hydrogen-bond donors (Lipinski definition) is 0. The molecule has 3 saturated carbocycles. The molecule has 136 valence electrons. The molecule has 0 heterocycles. The van der Waals surface area contributed by atoms with Gasteiger partial charge in [0.15, 0.2) is 5.78 Å². The molecule has 7 atom stereocenters. The van der Waals surface area contributed by atoms with Crippen LogP contribution in [0.5, 0.6) is 0 Å². The zero-order chi connectivity index (χ0) is 18.0. The van der Waals surface area contributed by atoms with Crippen LogP contribution in [0.1, 0.15) is 59.3 Å². The largest absolute Gasteiger partial charge is 0.550 e. The summed E-state index contributed by atoms with van der Waals surface area (Å²) in [6.45, 7) is 6.51. The van der Waals surface area contributed by atoms with Gasteiger partial charge in [0.25, 0.3) is 0 Å². The summed E-state index contributed by atoms with van der Waals surface area (Å²) in [5.41, 5.74) is 1.48. The van der Waals surface area contributed by atoms with Crippen molar-refractivity contribution in [2.24, 2.45) is 40.4 Å². The third-order valence-corrected chi connectivity index (χ3v) is 8.61. The lowest BCUT2D eigenvalue weighted by atomic mass is 9.47. The molecule has 3 nitrogen and oxygen atoms in total. The number of carboxylic acid groups (broad SMARTS) is 1. The van der Waals surface area contributed by atoms with Gasteiger partial charge in [-0.3, -0.25) is 4.79 Å². The van der Waals surface area contributed by atoms with Crippen molar-refractivity contribution in [2.75, 3.05) is 0 Å². The van der Waals surface area contributed by atoms with Crippen LogP contribution < -0.4 is 5.11 Å². The van der Waals surface area contributed by atoms with Gasteiger partial charge in [0, 0.05) is 11.4 Å². The van der Waals surface area contributed by atoms with E-state index in [2.05, 4.69) is 19.9 Å². The molecule has 25 heavy (non-hydrogen) atoms. The van der Waals surface area contributed by atoms with Crippen LogP contribution in [0.3, 0.4) is 0 Å². The summed E-state index contributed by atoms with van der Waals surface area (Å²) < 4.78 is 0. The van der Waals surface area contributed by atoms with Crippen molar-refractivity contribution < 1.29 is 14.7 Å². The first kappa shape index (κ1) is 17.1. The van der Waals surface area contributed by atoms with Gasteiger partial charge in [0.1, 0.15) is 0 Å². The number of hydrogen-bond acceptors (Lipinski definition) is 3. The molecule has 4 aliphatic carbocycles. The third kappa shape index (κ3) is 2.30. The lowest BCUT2D eigenvalue weighted by Gasteiger charge is -2.57. The summed E-state index contributed by atoms with van der Waals surface area (Å²) in [7, 11) is 0. The number of aliphatic carboxylic acids is 1. The molecule has 0 saturated heterocycles. The van der Waals surface area contributed by atoms with Crippen LogP contribution in [0.2, 0.25) is 0 Å². The topological polar surface area (TPSA) is 57.2 Å². The quantitative estimate of drug-likeness (QED) is 0.774. The fourth-order valence-electron chi connectivity index (χ4n) is 7.22. The van der Waals surface area contributed by atoms with Crippen molar-refractivity contribution in [3.8, 4) is 0 Å². The SMILES string of the molecule is C[C@H](C(=O)[O-])[C@H]1CC[C@H]2[C@@H]3CCC4=CC(=O)C=C[C@]4(C)[C@H]3CC[C@]12C. The van der Waals surface area contributed by atoms with Crippen molar-refractivity contribution in [1.82, 2.24) is 0 Å². The maximum absolute atomic E-state index is 11.8. The molecule has 0 aromatic rings. The van der Waals surface area contributed by atoms with Gasteiger partial charge in [0.05, 0.1) is 0 Å². The van der Waals surface area contributed by atoms with E-state index in [-0.39, 0.29) is 28.4 Å². The number of fused-ring (bicyclic) bond motifs is 5. The molecule has 0 spiro atoms. The van der Waals surface area contributed by atoms with E-state index < -0.39 is 5.97 Å². The molecule has 0 aliphatic heterocycles. The van der Waals surface area contributed by atoms with E-state index in [0.29, 0.717) is 17.8 Å². The van der Waals surface area contributed by atoms with Crippen molar-refractivity contribution in [2.45, 2.75) is 59.3 Å². The standard InChI is InChI=1S/C22H30O3/c1-13(20(24)25)17-6-7-18-16-5-4-14-12-15(23)8-10-21(14,2)19(16)9-11-22(17,18)3/h8,10,12-13,16-19H,4-7,9,11H2,1-3H3,(H,24,25)/p-1/t13-,16-,17+,18-,19-,21-,22+/m0/s1. The van der Waals surface area contributed by atoms with E-state index in [1.165, 1.54) is 5.57 Å². The van der Waals surface area contributed by atoms with Gasteiger partial charge in [-0.1, -0.05) is 32.4 Å². The lowest BCUT2D eigenvalue weighted by Crippen LogP contribution is -2.51. The molecular weight excluding hydrogens is 312 g/mol. The van der Waals surface area contributed by atoms with Crippen LogP contribution in [0.25, 0.3) is 0 Å². The van der Waals surface area contributed by atoms with E-state index in [1.807, 2.05) is 13.0 Å². The maximum atomic E-state index is 11.8. The van der Waals surface area contributed by atoms with Crippen LogP contribution >= 0.6 is 0 Å². The van der Waals surface area contributed by atoms with Crippen LogP contribution in [0.15, 0.2) is 23.8 Å². The minimum atomic E-state index is -0.886. The van der Waals surface area contributed by atoms with E-state index in [0.717, 1.165) is 38.5 Å². The van der Waals surface area contributed by atoms with Crippen molar-refractivity contribution in [1.29, 1.82) is 0 Å². The number of rotatable bonds is 2. The fourth-order valence-corrected chi connectivity index (χ4v) is 7.22. The second-order valence-corrected chi connectivity index (χ2v) is 9.44. The molecule has 0 amide bonds. The molecule has 4 aliphatic rings. The van der Waals surface area contributed by atoms with Gasteiger partial charge in [-0.15, -0.1) is 0 Å². The molecular formula is C22H29O3-. The van der Waals surface area contributed by atoms with Gasteiger partial charge in [0.2, 0.25) is 0 Å². The molecule has 0 aromatic heterocycles. The second kappa shape index (κ2) is 5.56. The Hall–Kier alpha value is -1.38. The van der Waals surface area contributed by atoms with E-state index >= 15 is 0 Å². The fraction of sp³-hybridized carbons (Fsp3) is 0.727. The highest BCUT2D eigenvalue weighted by Gasteiger charge is 2.59. The number of allylic oxidation sites excluding steroid dienone is 4. The van der Waals surface area contributed by atoms with Crippen molar-refractivity contribution >= 4 is 11.8 Å². The predicted octanol–water partition coefficient (Wildman–Crippen LogP) is 3.30. The second-order valence-electron chi connectivity index (χ2n) is 9.44. The number of carbonyl (C=O) groups is 2. The van der Waals surface area contributed by atoms with E-state index in [9.17, 15) is 14.7 Å². The Morgan fingerprint density at radius 3 is 2.68 bits per heavy atom. The molecule has 0 N–H and O–H groups in total. The van der Waals surface area contributed by atoms with Gasteiger partial charge >= 0.3 is 0 Å². The zero-order valence-corrected chi connectivity index (χ0v) is 15.6. The van der Waals surface area contributed by atoms with Crippen molar-refractivity contribution in [3.63, 3.8) is 0 Å². The Labute approximate surface area is 150 Å². The van der Waals surface area contributed by atoms with Crippen molar-refractivity contribution in [3.05, 3.63) is 23.8 Å². The number of carboxylic acids is 1. The average Bonchev–Trinajstić information content (AvgIpc) is 2.92. The van der Waals surface area contributed by atoms with Gasteiger partial charge in [-0.2, -0.15) is 0 Å². The lowest BCUT2D eigenvalue weighted by molar-refractivity contribution is -0.314. The minimum Gasteiger partial charge on any atom is -0.550 e. The highest BCUT2D eigenvalue weighted by Crippen LogP contribution is 2.66. The number of ketones is 1. The Kier molecular flexibility index (Phi) is 3.79. The Bertz CT molecular complexity index is 675. The molecule has 0 unspecified atom stereocenters. The van der Waals surface area contributed by atoms with E-state index in [4.69, 9.17) is 0 Å². The average molecular weight is 341 g/mol. The first-order valence-electron chi connectivity index (χ1n) is 9.92. The van der Waals surface area contributed by atoms with Gasteiger partial charge in [-0.25, -0.2) is 0 Å². The maximum Gasteiger partial charge on any atom is 0.178 e. The molecule has 4 rings (SSSR count). The Balaban J connectivity index is 1.65. The van der Waals surface area contributed by atoms with Gasteiger partial charge in [-0.05, 0) is 85.7 Å². The first-order valence-corrected chi connectivity index (χ1v) is 9.92. The first-order chi connectivity index (χ1) is 11.8. The minimum absolute atomic E-state index is 0.0240. The third-order valence-electron chi connectivity index (χ3n) is 8.61. The Morgan fingerprint density at radius 1 is 1.20 bits per heavy atom. The summed E-state index contributed by atoms with van der Waals surface area (Å²) in [5.74, 6) is 0.996. The molecule has 0 bridgehead atoms.